The van der Waals surface area contributed by atoms with E-state index in [1.807, 2.05) is 38.1 Å². The Labute approximate surface area is 259 Å². The predicted molar refractivity (Wildman–Crippen MR) is 143 cm³/mol. The molecule has 0 saturated heterocycles. The Morgan fingerprint density at radius 3 is 2.69 bits per heavy atom. The molecule has 1 aromatic heterocycles. The van der Waals surface area contributed by atoms with Crippen molar-refractivity contribution in [2.75, 3.05) is 6.61 Å². The van der Waals surface area contributed by atoms with E-state index >= 15 is 0 Å². The maximum atomic E-state index is 13.2. The zero-order valence-corrected chi connectivity index (χ0v) is 25.9. The van der Waals surface area contributed by atoms with Gasteiger partial charge in [0.25, 0.3) is 5.97 Å². The molecular weight excluding hydrogens is 469 g/mol. The molecule has 2 aromatic rings. The Hall–Kier alpha value is -1.30. The number of aromatic nitrogens is 1. The SMILES string of the molecule is CC[C-]=Cc1[c-]cc(C2=C(c3cccc(C)n3)CC(C)C=C(C)C2)cc1C(=O)OCC1CC(C)C1.[K+]. The van der Waals surface area contributed by atoms with Crippen LogP contribution in [0.15, 0.2) is 42.0 Å². The molecule has 1 unspecified atom stereocenters. The molecule has 0 radical (unpaired) electrons. The second-order valence-corrected chi connectivity index (χ2v) is 10.5. The van der Waals surface area contributed by atoms with Crippen molar-refractivity contribution in [3.05, 3.63) is 82.2 Å². The summed E-state index contributed by atoms with van der Waals surface area (Å²) in [7, 11) is 0. The van der Waals surface area contributed by atoms with Gasteiger partial charge < -0.3 is 16.9 Å². The zero-order chi connectivity index (χ0) is 24.9. The minimum atomic E-state index is -0.267. The largest absolute Gasteiger partial charge is 1.00 e. The summed E-state index contributed by atoms with van der Waals surface area (Å²) in [6, 6.07) is 13.6. The average molecular weight is 507 g/mol. The topological polar surface area (TPSA) is 39.2 Å². The van der Waals surface area contributed by atoms with Gasteiger partial charge in [0.2, 0.25) is 0 Å². The average Bonchev–Trinajstić information content (AvgIpc) is 2.96. The molecule has 0 aliphatic heterocycles. The summed E-state index contributed by atoms with van der Waals surface area (Å²) in [5, 5.41) is 0. The van der Waals surface area contributed by atoms with Crippen LogP contribution < -0.4 is 51.4 Å². The number of benzene rings is 1. The van der Waals surface area contributed by atoms with Crippen molar-refractivity contribution < 1.29 is 60.9 Å². The van der Waals surface area contributed by atoms with Crippen LogP contribution in [0, 0.1) is 36.8 Å². The Morgan fingerprint density at radius 1 is 1.22 bits per heavy atom. The van der Waals surface area contributed by atoms with Gasteiger partial charge in [-0.25, -0.2) is 6.07 Å². The van der Waals surface area contributed by atoms with E-state index in [-0.39, 0.29) is 57.4 Å². The molecule has 0 N–H and O–H groups in total. The number of ether oxygens (including phenoxy) is 1. The van der Waals surface area contributed by atoms with E-state index in [1.165, 1.54) is 16.7 Å². The molecule has 2 aliphatic carbocycles. The van der Waals surface area contributed by atoms with E-state index in [4.69, 9.17) is 9.72 Å². The van der Waals surface area contributed by atoms with Gasteiger partial charge in [-0.2, -0.15) is 6.07 Å². The molecule has 36 heavy (non-hydrogen) atoms. The summed E-state index contributed by atoms with van der Waals surface area (Å²) in [5.41, 5.74) is 8.15. The van der Waals surface area contributed by atoms with Crippen molar-refractivity contribution in [1.29, 1.82) is 0 Å². The third-order valence-corrected chi connectivity index (χ3v) is 7.03. The quantitative estimate of drug-likeness (QED) is 0.232. The monoisotopic (exact) mass is 506 g/mol. The summed E-state index contributed by atoms with van der Waals surface area (Å²) in [5.74, 6) is 1.38. The molecule has 1 aromatic carbocycles. The van der Waals surface area contributed by atoms with Gasteiger partial charge in [0.1, 0.15) is 0 Å². The van der Waals surface area contributed by atoms with E-state index in [0.717, 1.165) is 60.5 Å². The molecule has 0 amide bonds. The summed E-state index contributed by atoms with van der Waals surface area (Å²) in [4.78, 5) is 18.1. The number of carbonyl (C=O) groups is 1. The number of aryl methyl sites for hydroxylation is 1. The fourth-order valence-corrected chi connectivity index (χ4v) is 5.33. The van der Waals surface area contributed by atoms with Gasteiger partial charge in [-0.3, -0.25) is 15.3 Å². The van der Waals surface area contributed by atoms with Gasteiger partial charge in [0.05, 0.1) is 12.3 Å². The number of carbonyl (C=O) groups excluding carboxylic acids is 1. The normalized spacial score (nSPS) is 21.9. The van der Waals surface area contributed by atoms with Crippen LogP contribution >= 0.6 is 0 Å². The number of esters is 1. The van der Waals surface area contributed by atoms with Crippen LogP contribution in [-0.4, -0.2) is 17.6 Å². The fourth-order valence-electron chi connectivity index (χ4n) is 5.33. The first-order valence-electron chi connectivity index (χ1n) is 13.0. The molecule has 3 nitrogen and oxygen atoms in total. The zero-order valence-electron chi connectivity index (χ0n) is 22.8. The smallest absolute Gasteiger partial charge is 0.470 e. The maximum absolute atomic E-state index is 13.2. The van der Waals surface area contributed by atoms with Crippen LogP contribution in [0.5, 0.6) is 0 Å². The number of rotatable bonds is 7. The molecule has 1 heterocycles. The number of nitrogens with zero attached hydrogens (tertiary/aromatic N) is 1. The van der Waals surface area contributed by atoms with Crippen LogP contribution in [0.3, 0.4) is 0 Å². The number of allylic oxidation sites excluding steroid dienone is 5. The molecule has 1 fully saturated rings. The van der Waals surface area contributed by atoms with Crippen molar-refractivity contribution in [2.45, 2.75) is 66.7 Å². The number of hydrogen-bond acceptors (Lipinski definition) is 3. The van der Waals surface area contributed by atoms with Gasteiger partial charge in [-0.15, -0.1) is 23.6 Å². The third-order valence-electron chi connectivity index (χ3n) is 7.03. The van der Waals surface area contributed by atoms with Crippen LogP contribution in [-0.2, 0) is 4.74 Å². The molecule has 184 valence electrons. The number of pyridine rings is 1. The van der Waals surface area contributed by atoms with Crippen molar-refractivity contribution in [3.63, 3.8) is 0 Å². The molecule has 0 bridgehead atoms. The predicted octanol–water partition coefficient (Wildman–Crippen LogP) is 4.91. The van der Waals surface area contributed by atoms with Gasteiger partial charge >= 0.3 is 51.4 Å². The molecular formula is C32H37KNO2-. The van der Waals surface area contributed by atoms with E-state index < -0.39 is 0 Å². The van der Waals surface area contributed by atoms with Crippen molar-refractivity contribution >= 4 is 23.2 Å². The van der Waals surface area contributed by atoms with Crippen LogP contribution in [0.4, 0.5) is 0 Å². The second-order valence-electron chi connectivity index (χ2n) is 10.5. The minimum absolute atomic E-state index is 0. The first-order chi connectivity index (χ1) is 16.8. The van der Waals surface area contributed by atoms with Crippen LogP contribution in [0.25, 0.3) is 17.2 Å². The van der Waals surface area contributed by atoms with Crippen LogP contribution in [0.1, 0.15) is 92.7 Å². The maximum Gasteiger partial charge on any atom is 1.00 e. The molecule has 1 saturated carbocycles. The van der Waals surface area contributed by atoms with Gasteiger partial charge in [-0.05, 0) is 75.0 Å². The van der Waals surface area contributed by atoms with E-state index in [9.17, 15) is 4.79 Å². The Balaban J connectivity index is 0.00000361. The van der Waals surface area contributed by atoms with Gasteiger partial charge in [0.15, 0.2) is 0 Å². The third kappa shape index (κ3) is 7.38. The summed E-state index contributed by atoms with van der Waals surface area (Å²) in [6.07, 6.45) is 12.2. The van der Waals surface area contributed by atoms with Crippen LogP contribution in [0.2, 0.25) is 0 Å². The van der Waals surface area contributed by atoms with Gasteiger partial charge in [0, 0.05) is 5.69 Å². The first kappa shape index (κ1) is 29.3. The summed E-state index contributed by atoms with van der Waals surface area (Å²) in [6.45, 7) is 11.3. The Kier molecular flexibility index (Phi) is 11.0. The summed E-state index contributed by atoms with van der Waals surface area (Å²) < 4.78 is 5.79. The second kappa shape index (κ2) is 13.5. The first-order valence-corrected chi connectivity index (χ1v) is 13.0. The number of hydrogen-bond donors (Lipinski definition) is 0. The van der Waals surface area contributed by atoms with E-state index in [0.29, 0.717) is 24.0 Å². The standard InChI is InChI=1S/C32H37NO2.K/c1-6-7-10-26-12-13-27(19-29(26)32(34)35-20-25-15-23(4)16-25)28-17-21(2)14-22(3)18-30(28)31-11-8-9-24(5)33-31;/h8-11,13-14,19,22-23,25H,6,15-18,20H2,1-5H3;/q-2;+1. The minimum Gasteiger partial charge on any atom is -0.470 e. The Bertz CT molecular complexity index is 1170. The Morgan fingerprint density at radius 2 is 2.00 bits per heavy atom. The van der Waals surface area contributed by atoms with Crippen molar-refractivity contribution in [3.8, 4) is 0 Å². The van der Waals surface area contributed by atoms with Crippen molar-refractivity contribution in [1.82, 2.24) is 4.98 Å². The van der Waals surface area contributed by atoms with Crippen molar-refractivity contribution in [2.24, 2.45) is 17.8 Å². The van der Waals surface area contributed by atoms with Gasteiger partial charge in [-0.1, -0.05) is 44.1 Å². The molecule has 4 rings (SSSR count). The van der Waals surface area contributed by atoms with E-state index in [1.54, 1.807) is 0 Å². The summed E-state index contributed by atoms with van der Waals surface area (Å²) >= 11 is 0. The molecule has 0 spiro atoms. The fraction of sp³-hybridized carbons (Fsp3) is 0.438. The molecule has 4 heteroatoms. The molecule has 2 aliphatic rings. The molecule has 1 atom stereocenters. The van der Waals surface area contributed by atoms with E-state index in [2.05, 4.69) is 51.1 Å².